The van der Waals surface area contributed by atoms with Crippen LogP contribution in [-0.4, -0.2) is 34.9 Å². The first kappa shape index (κ1) is 42.6. The molecule has 4 nitrogen and oxygen atoms in total. The molecule has 0 saturated heterocycles. The Hall–Kier alpha value is -2.43. The predicted octanol–water partition coefficient (Wildman–Crippen LogP) is 10.9. The van der Waals surface area contributed by atoms with Crippen molar-refractivity contribution in [2.75, 3.05) is 6.61 Å². The summed E-state index contributed by atoms with van der Waals surface area (Å²) in [7, 11) is 0. The largest absolute Gasteiger partial charge is 0.394 e. The second-order valence-electron chi connectivity index (χ2n) is 11.9. The van der Waals surface area contributed by atoms with E-state index in [0.29, 0.717) is 6.42 Å². The Labute approximate surface area is 278 Å². The summed E-state index contributed by atoms with van der Waals surface area (Å²) in [4.78, 5) is 12.3. The van der Waals surface area contributed by atoms with E-state index in [1.807, 2.05) is 6.08 Å². The molecule has 0 heterocycles. The Kier molecular flexibility index (Phi) is 34.1. The molecule has 0 fully saturated rings. The van der Waals surface area contributed by atoms with Crippen LogP contribution in [0.2, 0.25) is 0 Å². The highest BCUT2D eigenvalue weighted by molar-refractivity contribution is 5.76. The Morgan fingerprint density at radius 3 is 1.47 bits per heavy atom. The number of aliphatic hydroxyl groups is 2. The molecule has 0 aliphatic rings. The summed E-state index contributed by atoms with van der Waals surface area (Å²) in [5, 5.41) is 22.7. The fraction of sp³-hybridized carbons (Fsp3) is 0.634. The number of unbranched alkanes of at least 4 members (excludes halogenated alkanes) is 12. The van der Waals surface area contributed by atoms with Gasteiger partial charge in [0, 0.05) is 6.42 Å². The quantitative estimate of drug-likeness (QED) is 0.0531. The molecule has 0 saturated carbocycles. The van der Waals surface area contributed by atoms with Gasteiger partial charge in [0.25, 0.3) is 0 Å². The van der Waals surface area contributed by atoms with Crippen LogP contribution in [0.1, 0.15) is 149 Å². The molecule has 0 bridgehead atoms. The van der Waals surface area contributed by atoms with E-state index in [-0.39, 0.29) is 12.5 Å². The van der Waals surface area contributed by atoms with Crippen LogP contribution in [0.5, 0.6) is 0 Å². The number of amides is 1. The number of hydrogen-bond donors (Lipinski definition) is 3. The molecule has 2 atom stereocenters. The van der Waals surface area contributed by atoms with Crippen molar-refractivity contribution in [2.24, 2.45) is 0 Å². The van der Waals surface area contributed by atoms with Crippen molar-refractivity contribution < 1.29 is 15.0 Å². The van der Waals surface area contributed by atoms with Gasteiger partial charge >= 0.3 is 0 Å². The first-order valence-corrected chi connectivity index (χ1v) is 18.3. The second-order valence-corrected chi connectivity index (χ2v) is 11.9. The first-order valence-electron chi connectivity index (χ1n) is 18.3. The summed E-state index contributed by atoms with van der Waals surface area (Å²) in [5.41, 5.74) is 0. The van der Waals surface area contributed by atoms with Crippen LogP contribution in [0.3, 0.4) is 0 Å². The lowest BCUT2D eigenvalue weighted by Gasteiger charge is -2.20. The van der Waals surface area contributed by atoms with E-state index in [2.05, 4.69) is 92.1 Å². The summed E-state index contributed by atoms with van der Waals surface area (Å²) < 4.78 is 0. The third-order valence-corrected chi connectivity index (χ3v) is 7.63. The zero-order valence-corrected chi connectivity index (χ0v) is 29.1. The summed E-state index contributed by atoms with van der Waals surface area (Å²) in [6, 6.07) is -0.632. The molecule has 3 N–H and O–H groups in total. The van der Waals surface area contributed by atoms with Crippen LogP contribution >= 0.6 is 0 Å². The van der Waals surface area contributed by atoms with Crippen LogP contribution in [0.15, 0.2) is 85.1 Å². The Balaban J connectivity index is 3.68. The van der Waals surface area contributed by atoms with Crippen LogP contribution in [0.25, 0.3) is 0 Å². The molecule has 0 aromatic heterocycles. The van der Waals surface area contributed by atoms with Gasteiger partial charge in [-0.2, -0.15) is 0 Å². The topological polar surface area (TPSA) is 69.6 Å². The van der Waals surface area contributed by atoms with E-state index in [0.717, 1.165) is 77.0 Å². The SMILES string of the molecule is CC/C=C\C/C=C\C/C=C\C/C=C\C/C=C\C/C=C\CCCCCCCCC(=O)NC(CO)C(O)/C=C/CCCCCCCC. The van der Waals surface area contributed by atoms with Gasteiger partial charge in [0.2, 0.25) is 5.91 Å². The molecule has 2 unspecified atom stereocenters. The molecule has 256 valence electrons. The standard InChI is InChI=1S/C41H69NO3/c1-3-5-7-9-11-13-14-15-16-17-18-19-20-21-22-23-24-25-26-27-28-29-31-33-35-37-41(45)42-39(38-43)40(44)36-34-32-30-12-10-8-6-4-2/h5,7,11,13,15-16,18-19,21-22,24-25,34,36,39-40,43-44H,3-4,6,8-10,12,14,17,20,23,26-33,35,37-38H2,1-2H3,(H,42,45)/b7-5-,13-11-,16-15-,19-18-,22-21-,25-24-,36-34+. The first-order chi connectivity index (χ1) is 22.2. The maximum atomic E-state index is 12.3. The highest BCUT2D eigenvalue weighted by atomic mass is 16.3. The molecule has 0 rings (SSSR count). The molecule has 0 aliphatic heterocycles. The smallest absolute Gasteiger partial charge is 0.220 e. The second kappa shape index (κ2) is 36.0. The summed E-state index contributed by atoms with van der Waals surface area (Å²) >= 11 is 0. The van der Waals surface area contributed by atoms with Gasteiger partial charge in [-0.3, -0.25) is 4.79 Å². The van der Waals surface area contributed by atoms with Gasteiger partial charge in [-0.15, -0.1) is 0 Å². The Morgan fingerprint density at radius 2 is 0.978 bits per heavy atom. The van der Waals surface area contributed by atoms with Gasteiger partial charge in [0.15, 0.2) is 0 Å². The van der Waals surface area contributed by atoms with Gasteiger partial charge in [0.05, 0.1) is 18.8 Å². The average Bonchev–Trinajstić information content (AvgIpc) is 3.04. The number of allylic oxidation sites excluding steroid dienone is 13. The minimum absolute atomic E-state index is 0.0879. The number of carbonyl (C=O) groups excluding carboxylic acids is 1. The normalized spacial score (nSPS) is 14.1. The van der Waals surface area contributed by atoms with E-state index in [1.54, 1.807) is 6.08 Å². The average molecular weight is 624 g/mol. The molecular formula is C41H69NO3. The van der Waals surface area contributed by atoms with Crippen molar-refractivity contribution in [3.63, 3.8) is 0 Å². The molecule has 4 heteroatoms. The molecular weight excluding hydrogens is 554 g/mol. The van der Waals surface area contributed by atoms with Crippen LogP contribution < -0.4 is 5.32 Å². The number of aliphatic hydroxyl groups excluding tert-OH is 2. The molecule has 0 radical (unpaired) electrons. The molecule has 0 aromatic carbocycles. The van der Waals surface area contributed by atoms with Crippen LogP contribution in [0, 0.1) is 0 Å². The number of carbonyl (C=O) groups is 1. The van der Waals surface area contributed by atoms with Crippen molar-refractivity contribution in [3.05, 3.63) is 85.1 Å². The van der Waals surface area contributed by atoms with Gasteiger partial charge in [-0.05, 0) is 70.6 Å². The van der Waals surface area contributed by atoms with E-state index in [9.17, 15) is 15.0 Å². The zero-order chi connectivity index (χ0) is 32.9. The van der Waals surface area contributed by atoms with Crippen LogP contribution in [-0.2, 0) is 4.79 Å². The molecule has 0 aliphatic carbocycles. The predicted molar refractivity (Wildman–Crippen MR) is 197 cm³/mol. The summed E-state index contributed by atoms with van der Waals surface area (Å²) in [6.45, 7) is 4.12. The highest BCUT2D eigenvalue weighted by Crippen LogP contribution is 2.10. The molecule has 0 aromatic rings. The van der Waals surface area contributed by atoms with Crippen molar-refractivity contribution in [3.8, 4) is 0 Å². The lowest BCUT2D eigenvalue weighted by molar-refractivity contribution is -0.123. The third kappa shape index (κ3) is 32.8. The lowest BCUT2D eigenvalue weighted by atomic mass is 10.1. The van der Waals surface area contributed by atoms with Gasteiger partial charge in [-0.1, -0.05) is 157 Å². The highest BCUT2D eigenvalue weighted by Gasteiger charge is 2.17. The zero-order valence-electron chi connectivity index (χ0n) is 29.1. The van der Waals surface area contributed by atoms with Gasteiger partial charge < -0.3 is 15.5 Å². The minimum atomic E-state index is -0.847. The van der Waals surface area contributed by atoms with Gasteiger partial charge in [-0.25, -0.2) is 0 Å². The molecule has 0 spiro atoms. The monoisotopic (exact) mass is 624 g/mol. The summed E-state index contributed by atoms with van der Waals surface area (Å²) in [6.07, 6.45) is 52.4. The maximum absolute atomic E-state index is 12.3. The maximum Gasteiger partial charge on any atom is 0.220 e. The third-order valence-electron chi connectivity index (χ3n) is 7.63. The Morgan fingerprint density at radius 1 is 0.556 bits per heavy atom. The van der Waals surface area contributed by atoms with Crippen molar-refractivity contribution in [1.29, 1.82) is 0 Å². The van der Waals surface area contributed by atoms with E-state index in [4.69, 9.17) is 0 Å². The summed E-state index contributed by atoms with van der Waals surface area (Å²) in [5.74, 6) is -0.0879. The number of nitrogens with one attached hydrogen (secondary N) is 1. The fourth-order valence-corrected chi connectivity index (χ4v) is 4.82. The van der Waals surface area contributed by atoms with Crippen molar-refractivity contribution >= 4 is 5.91 Å². The molecule has 45 heavy (non-hydrogen) atoms. The number of rotatable bonds is 31. The minimum Gasteiger partial charge on any atom is -0.394 e. The lowest BCUT2D eigenvalue weighted by Crippen LogP contribution is -2.45. The molecule has 1 amide bonds. The fourth-order valence-electron chi connectivity index (χ4n) is 4.82. The van der Waals surface area contributed by atoms with Crippen molar-refractivity contribution in [2.45, 2.75) is 161 Å². The van der Waals surface area contributed by atoms with Crippen molar-refractivity contribution in [1.82, 2.24) is 5.32 Å². The van der Waals surface area contributed by atoms with Gasteiger partial charge in [0.1, 0.15) is 0 Å². The van der Waals surface area contributed by atoms with Crippen LogP contribution in [0.4, 0.5) is 0 Å². The number of hydrogen-bond acceptors (Lipinski definition) is 3. The van der Waals surface area contributed by atoms with E-state index >= 15 is 0 Å². The van der Waals surface area contributed by atoms with E-state index in [1.165, 1.54) is 51.4 Å². The Bertz CT molecular complexity index is 849. The van der Waals surface area contributed by atoms with E-state index < -0.39 is 12.1 Å².